The van der Waals surface area contributed by atoms with Crippen molar-refractivity contribution in [3.05, 3.63) is 156 Å². The molecule has 0 saturated carbocycles. The fourth-order valence-corrected chi connectivity index (χ4v) is 5.91. The van der Waals surface area contributed by atoms with Gasteiger partial charge in [-0.25, -0.2) is 9.97 Å². The smallest absolute Gasteiger partial charge is 0.234 e. The average molecular weight is 628 g/mol. The molecule has 0 radical (unpaired) electrons. The molecule has 0 bridgehead atoms. The van der Waals surface area contributed by atoms with E-state index in [4.69, 9.17) is 24.0 Å². The Morgan fingerprint density at radius 3 is 1.85 bits per heavy atom. The molecule has 3 heterocycles. The summed E-state index contributed by atoms with van der Waals surface area (Å²) in [6, 6.07) is 40.4. The van der Waals surface area contributed by atoms with Crippen LogP contribution < -0.4 is 4.90 Å². The minimum Gasteiger partial charge on any atom is -0.374 e. The summed E-state index contributed by atoms with van der Waals surface area (Å²) in [4.78, 5) is 11.2. The van der Waals surface area contributed by atoms with Crippen LogP contribution in [-0.2, 0) is 38.8 Å². The molecule has 2 aromatic heterocycles. The molecule has 0 unspecified atom stereocenters. The molecule has 7 rings (SSSR count). The van der Waals surface area contributed by atoms with Crippen molar-refractivity contribution in [3.8, 4) is 0 Å². The number of para-hydroxylation sites is 1. The summed E-state index contributed by atoms with van der Waals surface area (Å²) in [6.07, 6.45) is 1.54. The number of benzene rings is 4. The van der Waals surface area contributed by atoms with E-state index in [-0.39, 0.29) is 0 Å². The van der Waals surface area contributed by atoms with Crippen molar-refractivity contribution in [1.82, 2.24) is 19.6 Å². The highest BCUT2D eigenvalue weighted by Crippen LogP contribution is 2.40. The molecule has 4 aromatic carbocycles. The molecular weight excluding hydrogens is 590 g/mol. The predicted molar refractivity (Wildman–Crippen MR) is 179 cm³/mol. The van der Waals surface area contributed by atoms with E-state index < -0.39 is 24.4 Å². The predicted octanol–water partition coefficient (Wildman–Crippen LogP) is 6.72. The van der Waals surface area contributed by atoms with Crippen molar-refractivity contribution in [2.24, 2.45) is 0 Å². The van der Waals surface area contributed by atoms with E-state index in [9.17, 15) is 0 Å². The second-order valence-corrected chi connectivity index (χ2v) is 11.5. The summed E-state index contributed by atoms with van der Waals surface area (Å²) in [6.45, 7) is 1.59. The van der Waals surface area contributed by atoms with Gasteiger partial charge in [-0.2, -0.15) is 9.61 Å². The monoisotopic (exact) mass is 627 g/mol. The second kappa shape index (κ2) is 14.7. The molecule has 4 atom stereocenters. The van der Waals surface area contributed by atoms with Gasteiger partial charge in [-0.3, -0.25) is 0 Å². The number of hydrogen-bond donors (Lipinski definition) is 0. The zero-order valence-electron chi connectivity index (χ0n) is 26.2. The minimum atomic E-state index is -0.521. The summed E-state index contributed by atoms with van der Waals surface area (Å²) in [5.41, 5.74) is 5.64. The van der Waals surface area contributed by atoms with Crippen molar-refractivity contribution < 1.29 is 18.9 Å². The maximum Gasteiger partial charge on any atom is 0.234 e. The van der Waals surface area contributed by atoms with Gasteiger partial charge in [-0.1, -0.05) is 109 Å². The van der Waals surface area contributed by atoms with Crippen LogP contribution in [-0.4, -0.2) is 51.5 Å². The van der Waals surface area contributed by atoms with Crippen LogP contribution in [0.15, 0.2) is 134 Å². The number of nitrogens with zero attached hydrogens (tertiary/aromatic N) is 5. The summed E-state index contributed by atoms with van der Waals surface area (Å²) in [5.74, 6) is 0.631. The lowest BCUT2D eigenvalue weighted by Crippen LogP contribution is -2.37. The van der Waals surface area contributed by atoms with Gasteiger partial charge in [-0.05, 0) is 28.8 Å². The zero-order chi connectivity index (χ0) is 31.8. The van der Waals surface area contributed by atoms with Crippen LogP contribution in [0, 0.1) is 0 Å². The Bertz CT molecular complexity index is 1840. The van der Waals surface area contributed by atoms with Crippen molar-refractivity contribution in [2.45, 2.75) is 44.2 Å². The normalized spacial score (nSPS) is 19.3. The van der Waals surface area contributed by atoms with E-state index in [1.54, 1.807) is 17.0 Å². The molecule has 238 valence electrons. The summed E-state index contributed by atoms with van der Waals surface area (Å²) in [7, 11) is 1.96. The highest BCUT2D eigenvalue weighted by Gasteiger charge is 2.48. The molecule has 0 spiro atoms. The Hall–Kier alpha value is -4.93. The topological polar surface area (TPSA) is 83.2 Å². The number of aromatic nitrogens is 4. The van der Waals surface area contributed by atoms with Gasteiger partial charge >= 0.3 is 0 Å². The zero-order valence-corrected chi connectivity index (χ0v) is 26.2. The van der Waals surface area contributed by atoms with Crippen LogP contribution in [0.25, 0.3) is 5.65 Å². The molecule has 9 nitrogen and oxygen atoms in total. The van der Waals surface area contributed by atoms with Crippen LogP contribution in [0.4, 0.5) is 11.6 Å². The maximum absolute atomic E-state index is 6.84. The maximum atomic E-state index is 6.84. The Kier molecular flexibility index (Phi) is 9.58. The standard InChI is InChI=1S/C38H37N5O4/c1-42(31-20-12-5-13-21-31)38-40-27-39-37-32(22-41-43(37)38)34-36(46-25-30-18-10-4-11-19-30)35(45-24-29-16-8-3-9-17-29)33(47-34)26-44-23-28-14-6-2-7-15-28/h2-22,27,33-36H,23-26H2,1H3/t33-,34+,35-,36+/m1/s1. The fraction of sp³-hybridized carbons (Fsp3) is 0.237. The molecular formula is C38H37N5O4. The van der Waals surface area contributed by atoms with E-state index in [0.717, 1.165) is 27.9 Å². The molecule has 1 aliphatic rings. The number of rotatable bonds is 13. The van der Waals surface area contributed by atoms with Gasteiger partial charge in [0.25, 0.3) is 0 Å². The van der Waals surface area contributed by atoms with Crippen LogP contribution in [0.3, 0.4) is 0 Å². The largest absolute Gasteiger partial charge is 0.374 e. The Balaban J connectivity index is 1.21. The molecule has 0 amide bonds. The lowest BCUT2D eigenvalue weighted by molar-refractivity contribution is -0.0898. The third-order valence-electron chi connectivity index (χ3n) is 8.34. The fourth-order valence-electron chi connectivity index (χ4n) is 5.91. The van der Waals surface area contributed by atoms with E-state index in [2.05, 4.69) is 46.4 Å². The second-order valence-electron chi connectivity index (χ2n) is 11.5. The van der Waals surface area contributed by atoms with Crippen molar-refractivity contribution in [2.75, 3.05) is 18.6 Å². The summed E-state index contributed by atoms with van der Waals surface area (Å²) >= 11 is 0. The molecule has 9 heteroatoms. The van der Waals surface area contributed by atoms with Crippen molar-refractivity contribution >= 4 is 17.3 Å². The Morgan fingerprint density at radius 2 is 1.23 bits per heavy atom. The summed E-state index contributed by atoms with van der Waals surface area (Å²) in [5, 5.41) is 4.75. The van der Waals surface area contributed by atoms with Gasteiger partial charge in [0.05, 0.1) is 32.6 Å². The first-order valence-electron chi connectivity index (χ1n) is 15.8. The van der Waals surface area contributed by atoms with Crippen LogP contribution >= 0.6 is 0 Å². The SMILES string of the molecule is CN(c1ccccc1)c1ncnc2c([C@@H]3O[C@H](COCc4ccccc4)[C@@H](OCc4ccccc4)[C@H]3OCc3ccccc3)cnn12. The molecule has 6 aromatic rings. The minimum absolute atomic E-state index is 0.326. The molecule has 1 aliphatic heterocycles. The Labute approximate surface area is 274 Å². The molecule has 0 aliphatic carbocycles. The molecule has 1 saturated heterocycles. The van der Waals surface area contributed by atoms with Gasteiger partial charge in [-0.15, -0.1) is 0 Å². The van der Waals surface area contributed by atoms with Crippen LogP contribution in [0.1, 0.15) is 28.4 Å². The first-order valence-corrected chi connectivity index (χ1v) is 15.8. The van der Waals surface area contributed by atoms with E-state index in [0.29, 0.717) is 38.0 Å². The van der Waals surface area contributed by atoms with Gasteiger partial charge in [0.2, 0.25) is 5.95 Å². The third kappa shape index (κ3) is 7.08. The van der Waals surface area contributed by atoms with Crippen LogP contribution in [0.2, 0.25) is 0 Å². The Morgan fingerprint density at radius 1 is 0.681 bits per heavy atom. The number of anilines is 2. The average Bonchev–Trinajstić information content (AvgIpc) is 3.72. The molecule has 0 N–H and O–H groups in total. The highest BCUT2D eigenvalue weighted by molar-refractivity contribution is 5.60. The quantitative estimate of drug-likeness (QED) is 0.140. The third-order valence-corrected chi connectivity index (χ3v) is 8.34. The van der Waals surface area contributed by atoms with Crippen molar-refractivity contribution in [3.63, 3.8) is 0 Å². The lowest BCUT2D eigenvalue weighted by atomic mass is 10.0. The lowest BCUT2D eigenvalue weighted by Gasteiger charge is -2.25. The highest BCUT2D eigenvalue weighted by atomic mass is 16.6. The van der Waals surface area contributed by atoms with Crippen molar-refractivity contribution in [1.29, 1.82) is 0 Å². The van der Waals surface area contributed by atoms with E-state index >= 15 is 0 Å². The van der Waals surface area contributed by atoms with Gasteiger partial charge < -0.3 is 23.8 Å². The van der Waals surface area contributed by atoms with Gasteiger partial charge in [0.15, 0.2) is 5.65 Å². The molecule has 47 heavy (non-hydrogen) atoms. The van der Waals surface area contributed by atoms with Gasteiger partial charge in [0, 0.05) is 18.3 Å². The van der Waals surface area contributed by atoms with Gasteiger partial charge in [0.1, 0.15) is 30.7 Å². The number of ether oxygens (including phenoxy) is 4. The molecule has 1 fully saturated rings. The van der Waals surface area contributed by atoms with E-state index in [1.165, 1.54) is 0 Å². The van der Waals surface area contributed by atoms with E-state index in [1.807, 2.05) is 96.9 Å². The number of hydrogen-bond acceptors (Lipinski definition) is 8. The first-order chi connectivity index (χ1) is 23.2. The number of fused-ring (bicyclic) bond motifs is 1. The van der Waals surface area contributed by atoms with Crippen LogP contribution in [0.5, 0.6) is 0 Å². The summed E-state index contributed by atoms with van der Waals surface area (Å²) < 4.78 is 28.2. The first kappa shape index (κ1) is 30.7.